The lowest BCUT2D eigenvalue weighted by Gasteiger charge is -3.01. The van der Waals surface area contributed by atoms with Gasteiger partial charge in [-0.3, -0.25) is 0 Å². The molecule has 0 aliphatic heterocycles. The molecule has 12 heavy (non-hydrogen) atoms. The van der Waals surface area contributed by atoms with Crippen molar-refractivity contribution in [3.63, 3.8) is 0 Å². The molecule has 0 N–H and O–H groups in total. The summed E-state index contributed by atoms with van der Waals surface area (Å²) in [4.78, 5) is 0. The maximum Gasteiger partial charge on any atom is 0.00488 e. The van der Waals surface area contributed by atoms with Crippen LogP contribution in [0.5, 0.6) is 0 Å². The highest BCUT2D eigenvalue weighted by Crippen LogP contribution is 3.04. The Morgan fingerprint density at radius 2 is 2.25 bits per heavy atom. The number of allylic oxidation sites excluding steroid dienone is 2. The van der Waals surface area contributed by atoms with Crippen molar-refractivity contribution < 1.29 is 0 Å². The van der Waals surface area contributed by atoms with Gasteiger partial charge in [0.25, 0.3) is 0 Å². The molecule has 6 atom stereocenters. The molecule has 60 valence electrons. The molecule has 6 aliphatic rings. The number of hydrogen-bond donors (Lipinski definition) is 0. The number of fused-ring (bicyclic) bond motifs is 2. The molecule has 0 heterocycles. The molecule has 2 spiro atoms. The first-order valence-corrected chi connectivity index (χ1v) is 5.66. The second kappa shape index (κ2) is 0.895. The Kier molecular flexibility index (Phi) is 0.360. The summed E-state index contributed by atoms with van der Waals surface area (Å²) in [5.41, 5.74) is 5.94. The average Bonchev–Trinajstić information content (AvgIpc) is 1.94. The molecule has 0 bridgehead atoms. The molecular formula is C12H12. The summed E-state index contributed by atoms with van der Waals surface area (Å²) in [5.74, 6) is 4.87. The van der Waals surface area contributed by atoms with Crippen LogP contribution in [0.4, 0.5) is 0 Å². The van der Waals surface area contributed by atoms with E-state index < -0.39 is 0 Å². The van der Waals surface area contributed by atoms with Crippen molar-refractivity contribution in [2.75, 3.05) is 0 Å². The average molecular weight is 156 g/mol. The first-order valence-electron chi connectivity index (χ1n) is 5.66. The molecule has 5 saturated carbocycles. The van der Waals surface area contributed by atoms with E-state index in [9.17, 15) is 0 Å². The van der Waals surface area contributed by atoms with Gasteiger partial charge >= 0.3 is 0 Å². The van der Waals surface area contributed by atoms with Gasteiger partial charge in [0, 0.05) is 5.41 Å². The Hall–Kier alpha value is -0.260. The fourth-order valence-electron chi connectivity index (χ4n) is 6.89. The van der Waals surface area contributed by atoms with Gasteiger partial charge in [0.15, 0.2) is 0 Å². The second-order valence-electron chi connectivity index (χ2n) is 6.12. The molecule has 0 aromatic heterocycles. The molecule has 6 rings (SSSR count). The van der Waals surface area contributed by atoms with Crippen molar-refractivity contribution in [1.29, 1.82) is 0 Å². The molecule has 0 heteroatoms. The van der Waals surface area contributed by atoms with Crippen LogP contribution >= 0.6 is 0 Å². The van der Waals surface area contributed by atoms with E-state index >= 15 is 0 Å². The fourth-order valence-corrected chi connectivity index (χ4v) is 6.89. The van der Waals surface area contributed by atoms with Crippen molar-refractivity contribution in [1.82, 2.24) is 0 Å². The van der Waals surface area contributed by atoms with Crippen molar-refractivity contribution in [3.05, 3.63) is 11.1 Å². The van der Waals surface area contributed by atoms with Crippen LogP contribution in [0.15, 0.2) is 11.1 Å². The summed E-state index contributed by atoms with van der Waals surface area (Å²) in [5, 5.41) is 0. The third-order valence-electron chi connectivity index (χ3n) is 7.02. The van der Waals surface area contributed by atoms with Crippen LogP contribution < -0.4 is 0 Å². The van der Waals surface area contributed by atoms with Crippen LogP contribution in [0.1, 0.15) is 25.7 Å². The van der Waals surface area contributed by atoms with E-state index in [2.05, 4.69) is 0 Å². The van der Waals surface area contributed by atoms with Crippen LogP contribution in [0.2, 0.25) is 0 Å². The lowest BCUT2D eigenvalue weighted by molar-refractivity contribution is -0.451. The molecule has 0 radical (unpaired) electrons. The van der Waals surface area contributed by atoms with Crippen molar-refractivity contribution >= 4 is 0 Å². The lowest BCUT2D eigenvalue weighted by Crippen LogP contribution is -2.96. The normalized spacial score (nSPS) is 82.0. The van der Waals surface area contributed by atoms with Crippen LogP contribution in [0, 0.1) is 34.5 Å². The monoisotopic (exact) mass is 156 g/mol. The molecule has 5 fully saturated rings. The number of hydrogen-bond acceptors (Lipinski definition) is 0. The second-order valence-corrected chi connectivity index (χ2v) is 6.12. The lowest BCUT2D eigenvalue weighted by atomic mass is 9.02. The topological polar surface area (TPSA) is 0 Å². The van der Waals surface area contributed by atoms with Crippen molar-refractivity contribution in [2.24, 2.45) is 34.5 Å². The van der Waals surface area contributed by atoms with Gasteiger partial charge < -0.3 is 0 Å². The zero-order valence-corrected chi connectivity index (χ0v) is 7.14. The van der Waals surface area contributed by atoms with Crippen LogP contribution in [0.25, 0.3) is 0 Å². The maximum absolute atomic E-state index is 2.03. The molecule has 0 aromatic carbocycles. The van der Waals surface area contributed by atoms with Gasteiger partial charge in [0.05, 0.1) is 0 Å². The first kappa shape index (κ1) is 4.83. The molecule has 0 saturated heterocycles. The highest BCUT2D eigenvalue weighted by Gasteiger charge is 2.98. The van der Waals surface area contributed by atoms with Gasteiger partial charge in [-0.15, -0.1) is 0 Å². The number of rotatable bonds is 0. The summed E-state index contributed by atoms with van der Waals surface area (Å²) >= 11 is 0. The largest absolute Gasteiger partial charge is 0.0630 e. The quantitative estimate of drug-likeness (QED) is 0.472. The van der Waals surface area contributed by atoms with E-state index in [-0.39, 0.29) is 0 Å². The van der Waals surface area contributed by atoms with E-state index in [1.54, 1.807) is 19.3 Å². The standard InChI is InChI=1S/C12H12/c1-3-11-5(1)7-8-6-2-4-12(6,11)10(8)9(7)11/h5,7,9-10H,1-4H2. The van der Waals surface area contributed by atoms with Crippen molar-refractivity contribution in [3.8, 4) is 0 Å². The van der Waals surface area contributed by atoms with E-state index in [0.29, 0.717) is 0 Å². The van der Waals surface area contributed by atoms with Gasteiger partial charge in [-0.25, -0.2) is 0 Å². The molecule has 0 amide bonds. The Balaban J connectivity index is 1.83. The maximum atomic E-state index is 2.03. The van der Waals surface area contributed by atoms with Crippen LogP contribution in [-0.2, 0) is 0 Å². The zero-order valence-electron chi connectivity index (χ0n) is 7.14. The highest BCUT2D eigenvalue weighted by molar-refractivity contribution is 5.68. The summed E-state index contributed by atoms with van der Waals surface area (Å²) in [6, 6.07) is 0. The summed E-state index contributed by atoms with van der Waals surface area (Å²) < 4.78 is 0. The van der Waals surface area contributed by atoms with E-state index in [1.807, 2.05) is 11.1 Å². The summed E-state index contributed by atoms with van der Waals surface area (Å²) in [6.45, 7) is 0. The molecule has 0 aromatic rings. The van der Waals surface area contributed by atoms with Crippen LogP contribution in [-0.4, -0.2) is 0 Å². The third kappa shape index (κ3) is 0.157. The minimum Gasteiger partial charge on any atom is -0.0630 e. The fraction of sp³-hybridized carbons (Fsp3) is 0.833. The first-order chi connectivity index (χ1) is 5.93. The van der Waals surface area contributed by atoms with Gasteiger partial charge in [-0.05, 0) is 54.8 Å². The molecule has 6 unspecified atom stereocenters. The Morgan fingerprint density at radius 1 is 1.25 bits per heavy atom. The minimum atomic E-state index is 0.921. The zero-order chi connectivity index (χ0) is 7.29. The predicted molar refractivity (Wildman–Crippen MR) is 44.3 cm³/mol. The molecular weight excluding hydrogens is 144 g/mol. The van der Waals surface area contributed by atoms with Gasteiger partial charge in [-0.1, -0.05) is 11.1 Å². The van der Waals surface area contributed by atoms with E-state index in [4.69, 9.17) is 0 Å². The highest BCUT2D eigenvalue weighted by atomic mass is 15.0. The van der Waals surface area contributed by atoms with Gasteiger partial charge in [-0.2, -0.15) is 0 Å². The Labute approximate surface area is 72.0 Å². The van der Waals surface area contributed by atoms with Gasteiger partial charge in [0.2, 0.25) is 0 Å². The minimum absolute atomic E-state index is 0.921. The predicted octanol–water partition coefficient (Wildman–Crippen LogP) is 2.36. The van der Waals surface area contributed by atoms with Crippen LogP contribution in [0.3, 0.4) is 0 Å². The third-order valence-corrected chi connectivity index (χ3v) is 7.02. The van der Waals surface area contributed by atoms with Crippen molar-refractivity contribution in [2.45, 2.75) is 25.7 Å². The van der Waals surface area contributed by atoms with Gasteiger partial charge in [0.1, 0.15) is 0 Å². The molecule has 0 nitrogen and oxygen atoms in total. The molecule has 6 aliphatic carbocycles. The smallest absolute Gasteiger partial charge is 0.00488 e. The Bertz CT molecular complexity index is 396. The summed E-state index contributed by atoms with van der Waals surface area (Å²) in [7, 11) is 0. The van der Waals surface area contributed by atoms with E-state index in [0.717, 1.165) is 10.8 Å². The Morgan fingerprint density at radius 3 is 2.67 bits per heavy atom. The summed E-state index contributed by atoms with van der Waals surface area (Å²) in [6.07, 6.45) is 6.36. The van der Waals surface area contributed by atoms with E-state index in [1.165, 1.54) is 30.1 Å². The SMILES string of the molecule is C1CC23C1=C1C4C5CCC52C4C13.